The SMILES string of the molecule is CC(=O)N1CC(O)CC1c1cc2[nH]c(-c3ccccn3)nc2cc1Oc1ccc(S(C)(=O)=O)cc1. The predicted octanol–water partition coefficient (Wildman–Crippen LogP) is 3.47. The number of H-pyrrole nitrogens is 1. The van der Waals surface area contributed by atoms with Crippen molar-refractivity contribution in [2.45, 2.75) is 30.4 Å². The van der Waals surface area contributed by atoms with E-state index in [9.17, 15) is 18.3 Å². The largest absolute Gasteiger partial charge is 0.457 e. The van der Waals surface area contributed by atoms with Gasteiger partial charge in [-0.05, 0) is 48.9 Å². The quantitative estimate of drug-likeness (QED) is 0.437. The van der Waals surface area contributed by atoms with Gasteiger partial charge in [0, 0.05) is 37.6 Å². The number of carbonyl (C=O) groups excluding carboxylic acids is 1. The van der Waals surface area contributed by atoms with Gasteiger partial charge in [0.1, 0.15) is 17.2 Å². The Kier molecular flexibility index (Phi) is 5.78. The molecule has 9 nitrogen and oxygen atoms in total. The molecule has 0 saturated carbocycles. The van der Waals surface area contributed by atoms with Gasteiger partial charge in [0.2, 0.25) is 5.91 Å². The summed E-state index contributed by atoms with van der Waals surface area (Å²) < 4.78 is 29.8. The van der Waals surface area contributed by atoms with Gasteiger partial charge in [-0.2, -0.15) is 0 Å². The summed E-state index contributed by atoms with van der Waals surface area (Å²) in [6.45, 7) is 1.71. The summed E-state index contributed by atoms with van der Waals surface area (Å²) in [5, 5.41) is 10.3. The number of aliphatic hydroxyl groups excluding tert-OH is 1. The van der Waals surface area contributed by atoms with Gasteiger partial charge in [0.05, 0.1) is 28.1 Å². The molecule has 0 spiro atoms. The Labute approximate surface area is 202 Å². The Hall–Kier alpha value is -3.76. The lowest BCUT2D eigenvalue weighted by atomic mass is 10.0. The molecule has 180 valence electrons. The maximum Gasteiger partial charge on any atom is 0.220 e. The molecule has 2 aromatic heterocycles. The Morgan fingerprint density at radius 2 is 1.94 bits per heavy atom. The summed E-state index contributed by atoms with van der Waals surface area (Å²) in [7, 11) is -3.34. The zero-order valence-electron chi connectivity index (χ0n) is 19.2. The van der Waals surface area contributed by atoms with Gasteiger partial charge < -0.3 is 19.7 Å². The second kappa shape index (κ2) is 8.79. The van der Waals surface area contributed by atoms with Crippen LogP contribution in [0.25, 0.3) is 22.6 Å². The molecule has 10 heteroatoms. The third kappa shape index (κ3) is 4.62. The Morgan fingerprint density at radius 1 is 1.17 bits per heavy atom. The van der Waals surface area contributed by atoms with E-state index in [-0.39, 0.29) is 17.3 Å². The van der Waals surface area contributed by atoms with Crippen LogP contribution >= 0.6 is 0 Å². The van der Waals surface area contributed by atoms with Gasteiger partial charge >= 0.3 is 0 Å². The number of likely N-dealkylation sites (tertiary alicyclic amines) is 1. The molecule has 3 heterocycles. The van der Waals surface area contributed by atoms with E-state index >= 15 is 0 Å². The van der Waals surface area contributed by atoms with Crippen molar-refractivity contribution in [3.05, 3.63) is 66.4 Å². The van der Waals surface area contributed by atoms with Crippen LogP contribution in [0.15, 0.2) is 65.7 Å². The summed E-state index contributed by atoms with van der Waals surface area (Å²) in [5.74, 6) is 1.35. The number of rotatable bonds is 5. The van der Waals surface area contributed by atoms with Crippen LogP contribution in [0.4, 0.5) is 0 Å². The fraction of sp³-hybridized carbons (Fsp3) is 0.240. The number of aliphatic hydroxyl groups is 1. The average molecular weight is 493 g/mol. The number of amides is 1. The molecule has 1 aliphatic rings. The number of hydrogen-bond donors (Lipinski definition) is 2. The first-order valence-electron chi connectivity index (χ1n) is 11.1. The summed E-state index contributed by atoms with van der Waals surface area (Å²) in [6.07, 6.45) is 2.56. The van der Waals surface area contributed by atoms with Crippen molar-refractivity contribution in [3.63, 3.8) is 0 Å². The highest BCUT2D eigenvalue weighted by atomic mass is 32.2. The fourth-order valence-electron chi connectivity index (χ4n) is 4.37. The number of aromatic nitrogens is 3. The van der Waals surface area contributed by atoms with Crippen LogP contribution in [0.2, 0.25) is 0 Å². The number of nitrogens with zero attached hydrogens (tertiary/aromatic N) is 3. The molecule has 1 aliphatic heterocycles. The van der Waals surface area contributed by atoms with E-state index in [4.69, 9.17) is 4.74 Å². The number of sulfone groups is 1. The number of pyridine rings is 1. The first-order chi connectivity index (χ1) is 16.7. The van der Waals surface area contributed by atoms with Crippen LogP contribution in [-0.2, 0) is 14.6 Å². The molecule has 0 aliphatic carbocycles. The van der Waals surface area contributed by atoms with Gasteiger partial charge in [-0.1, -0.05) is 6.07 Å². The second-order valence-electron chi connectivity index (χ2n) is 8.63. The number of β-amino-alcohol motifs (C(OH)–C–C–N with tert-alkyl or cyclic N) is 1. The number of fused-ring (bicyclic) bond motifs is 1. The van der Waals surface area contributed by atoms with Crippen LogP contribution in [-0.4, -0.2) is 58.2 Å². The van der Waals surface area contributed by atoms with Gasteiger partial charge in [0.15, 0.2) is 15.7 Å². The summed E-state index contributed by atoms with van der Waals surface area (Å²) in [4.78, 5) is 26.4. The molecule has 2 unspecified atom stereocenters. The number of imidazole rings is 1. The van der Waals surface area contributed by atoms with Gasteiger partial charge in [0.25, 0.3) is 0 Å². The zero-order chi connectivity index (χ0) is 24.7. The topological polar surface area (TPSA) is 125 Å². The number of benzene rings is 2. The molecule has 2 N–H and O–H groups in total. The Balaban J connectivity index is 1.60. The molecule has 2 atom stereocenters. The van der Waals surface area contributed by atoms with Gasteiger partial charge in [-0.15, -0.1) is 0 Å². The second-order valence-corrected chi connectivity index (χ2v) is 10.6. The molecular formula is C25H24N4O5S. The molecule has 4 aromatic rings. The monoisotopic (exact) mass is 492 g/mol. The number of hydrogen-bond acceptors (Lipinski definition) is 7. The average Bonchev–Trinajstić information content (AvgIpc) is 3.42. The molecule has 1 amide bonds. The molecule has 0 radical (unpaired) electrons. The minimum atomic E-state index is -3.34. The summed E-state index contributed by atoms with van der Waals surface area (Å²) >= 11 is 0. The first kappa shape index (κ1) is 23.0. The van der Waals surface area contributed by atoms with Crippen LogP contribution in [0.1, 0.15) is 24.9 Å². The van der Waals surface area contributed by atoms with E-state index in [1.165, 1.54) is 19.1 Å². The minimum absolute atomic E-state index is 0.145. The maximum atomic E-state index is 12.3. The molecular weight excluding hydrogens is 468 g/mol. The highest BCUT2D eigenvalue weighted by molar-refractivity contribution is 7.90. The van der Waals surface area contributed by atoms with Crippen molar-refractivity contribution < 1.29 is 23.1 Å². The summed E-state index contributed by atoms with van der Waals surface area (Å²) in [5.41, 5.74) is 2.79. The number of nitrogens with one attached hydrogen (secondary N) is 1. The molecule has 0 bridgehead atoms. The number of ether oxygens (including phenoxy) is 1. The molecule has 5 rings (SSSR count). The molecule has 1 fully saturated rings. The van der Waals surface area contributed by atoms with Gasteiger partial charge in [-0.3, -0.25) is 9.78 Å². The highest BCUT2D eigenvalue weighted by Crippen LogP contribution is 2.41. The lowest BCUT2D eigenvalue weighted by molar-refractivity contribution is -0.130. The number of aromatic amines is 1. The predicted molar refractivity (Wildman–Crippen MR) is 130 cm³/mol. The van der Waals surface area contributed by atoms with Crippen molar-refractivity contribution in [1.82, 2.24) is 19.9 Å². The smallest absolute Gasteiger partial charge is 0.220 e. The van der Waals surface area contributed by atoms with E-state index in [2.05, 4.69) is 15.0 Å². The van der Waals surface area contributed by atoms with E-state index < -0.39 is 22.0 Å². The van der Waals surface area contributed by atoms with E-state index in [0.717, 1.165) is 11.8 Å². The fourth-order valence-corrected chi connectivity index (χ4v) is 5.00. The van der Waals surface area contributed by atoms with Crippen LogP contribution in [0.5, 0.6) is 11.5 Å². The lowest BCUT2D eigenvalue weighted by Crippen LogP contribution is -2.29. The minimum Gasteiger partial charge on any atom is -0.457 e. The Bertz CT molecular complexity index is 1500. The van der Waals surface area contributed by atoms with E-state index in [0.29, 0.717) is 40.5 Å². The number of carbonyl (C=O) groups is 1. The standard InChI is InChI=1S/C25H24N4O5S/c1-15(30)29-14-16(31)11-23(29)19-12-21-22(28-25(27-21)20-5-3-4-10-26-20)13-24(19)34-17-6-8-18(9-7-17)35(2,32)33/h3-10,12-13,16,23,31H,11,14H2,1-2H3,(H,27,28). The third-order valence-corrected chi connectivity index (χ3v) is 7.17. The third-order valence-electron chi connectivity index (χ3n) is 6.04. The lowest BCUT2D eigenvalue weighted by Gasteiger charge is -2.25. The maximum absolute atomic E-state index is 12.3. The van der Waals surface area contributed by atoms with Crippen molar-refractivity contribution in [2.75, 3.05) is 12.8 Å². The van der Waals surface area contributed by atoms with Crippen LogP contribution < -0.4 is 4.74 Å². The van der Waals surface area contributed by atoms with Crippen molar-refractivity contribution in [1.29, 1.82) is 0 Å². The van der Waals surface area contributed by atoms with E-state index in [1.54, 1.807) is 29.3 Å². The first-order valence-corrected chi connectivity index (χ1v) is 13.0. The molecule has 2 aromatic carbocycles. The van der Waals surface area contributed by atoms with E-state index in [1.807, 2.05) is 24.3 Å². The van der Waals surface area contributed by atoms with Gasteiger partial charge in [-0.25, -0.2) is 13.4 Å². The molecule has 35 heavy (non-hydrogen) atoms. The zero-order valence-corrected chi connectivity index (χ0v) is 20.0. The van der Waals surface area contributed by atoms with Crippen LogP contribution in [0, 0.1) is 0 Å². The van der Waals surface area contributed by atoms with Crippen molar-refractivity contribution >= 4 is 26.8 Å². The van der Waals surface area contributed by atoms with Crippen molar-refractivity contribution in [3.8, 4) is 23.0 Å². The molecule has 1 saturated heterocycles. The van der Waals surface area contributed by atoms with Crippen molar-refractivity contribution in [2.24, 2.45) is 0 Å². The normalized spacial score (nSPS) is 18.2. The highest BCUT2D eigenvalue weighted by Gasteiger charge is 2.36. The van der Waals surface area contributed by atoms with Crippen LogP contribution in [0.3, 0.4) is 0 Å². The Morgan fingerprint density at radius 3 is 2.60 bits per heavy atom. The summed E-state index contributed by atoms with van der Waals surface area (Å²) in [6, 6.07) is 15.0.